The van der Waals surface area contributed by atoms with Crippen molar-refractivity contribution in [1.82, 2.24) is 4.90 Å². The molecule has 0 unspecified atom stereocenters. The topological polar surface area (TPSA) is 61.9 Å². The van der Waals surface area contributed by atoms with Gasteiger partial charge in [-0.05, 0) is 43.5 Å². The van der Waals surface area contributed by atoms with Gasteiger partial charge in [0.2, 0.25) is 11.8 Å². The monoisotopic (exact) mass is 395 g/mol. The number of anilines is 2. The van der Waals surface area contributed by atoms with Crippen LogP contribution in [0.1, 0.15) is 25.8 Å². The molecule has 0 saturated carbocycles. The molecule has 1 atom stereocenters. The average molecular weight is 396 g/mol. The second-order valence-corrected chi connectivity index (χ2v) is 7.37. The molecule has 2 aromatic rings. The van der Waals surface area contributed by atoms with Crippen molar-refractivity contribution >= 4 is 23.2 Å². The van der Waals surface area contributed by atoms with E-state index in [0.717, 1.165) is 18.5 Å². The molecule has 0 spiro atoms. The SMILES string of the molecule is CCCN(CC(=O)Nc1ccccc1OC)C(=O)CN1c2ccccc2C[C@H]1C. The van der Waals surface area contributed by atoms with Crippen LogP contribution in [0.15, 0.2) is 48.5 Å². The van der Waals surface area contributed by atoms with Crippen molar-refractivity contribution in [1.29, 1.82) is 0 Å². The van der Waals surface area contributed by atoms with Gasteiger partial charge in [-0.25, -0.2) is 0 Å². The fraction of sp³-hybridized carbons (Fsp3) is 0.391. The van der Waals surface area contributed by atoms with Gasteiger partial charge >= 0.3 is 0 Å². The lowest BCUT2D eigenvalue weighted by atomic mass is 10.1. The summed E-state index contributed by atoms with van der Waals surface area (Å²) >= 11 is 0. The Labute approximate surface area is 172 Å². The van der Waals surface area contributed by atoms with Crippen LogP contribution in [0.3, 0.4) is 0 Å². The van der Waals surface area contributed by atoms with Crippen LogP contribution < -0.4 is 15.0 Å². The van der Waals surface area contributed by atoms with Crippen LogP contribution in [-0.4, -0.2) is 49.5 Å². The van der Waals surface area contributed by atoms with E-state index in [1.54, 1.807) is 24.1 Å². The van der Waals surface area contributed by atoms with Crippen molar-refractivity contribution in [2.45, 2.75) is 32.7 Å². The molecule has 2 aromatic carbocycles. The molecule has 2 amide bonds. The lowest BCUT2D eigenvalue weighted by Crippen LogP contribution is -2.45. The van der Waals surface area contributed by atoms with E-state index in [1.807, 2.05) is 31.2 Å². The fourth-order valence-electron chi connectivity index (χ4n) is 3.79. The first-order valence-electron chi connectivity index (χ1n) is 10.1. The minimum Gasteiger partial charge on any atom is -0.495 e. The van der Waals surface area contributed by atoms with Crippen molar-refractivity contribution in [3.05, 3.63) is 54.1 Å². The zero-order valence-corrected chi connectivity index (χ0v) is 17.4. The van der Waals surface area contributed by atoms with Gasteiger partial charge in [0, 0.05) is 18.3 Å². The number of methoxy groups -OCH3 is 1. The Morgan fingerprint density at radius 2 is 1.90 bits per heavy atom. The van der Waals surface area contributed by atoms with Crippen LogP contribution >= 0.6 is 0 Å². The molecule has 1 aliphatic heterocycles. The number of amides is 2. The van der Waals surface area contributed by atoms with Crippen molar-refractivity contribution < 1.29 is 14.3 Å². The highest BCUT2D eigenvalue weighted by molar-refractivity contribution is 5.96. The Kier molecular flexibility index (Phi) is 6.75. The van der Waals surface area contributed by atoms with Gasteiger partial charge in [-0.2, -0.15) is 0 Å². The van der Waals surface area contributed by atoms with Crippen molar-refractivity contribution in [3.63, 3.8) is 0 Å². The van der Waals surface area contributed by atoms with Gasteiger partial charge in [0.1, 0.15) is 5.75 Å². The molecule has 29 heavy (non-hydrogen) atoms. The number of carbonyl (C=O) groups excluding carboxylic acids is 2. The summed E-state index contributed by atoms with van der Waals surface area (Å²) in [5, 5.41) is 2.85. The second-order valence-electron chi connectivity index (χ2n) is 7.37. The molecule has 6 heteroatoms. The average Bonchev–Trinajstić information content (AvgIpc) is 3.03. The van der Waals surface area contributed by atoms with Crippen LogP contribution in [0.5, 0.6) is 5.75 Å². The Morgan fingerprint density at radius 1 is 1.17 bits per heavy atom. The van der Waals surface area contributed by atoms with Gasteiger partial charge < -0.3 is 19.9 Å². The highest BCUT2D eigenvalue weighted by Gasteiger charge is 2.29. The van der Waals surface area contributed by atoms with Gasteiger partial charge in [0.05, 0.1) is 25.9 Å². The third-order valence-electron chi connectivity index (χ3n) is 5.22. The standard InChI is InChI=1S/C23H29N3O3/c1-4-13-25(15-22(27)24-19-10-6-8-12-21(19)29-3)23(28)16-26-17(2)14-18-9-5-7-11-20(18)26/h5-12,17H,4,13-16H2,1-3H3,(H,24,27)/t17-/m1/s1. The van der Waals surface area contributed by atoms with E-state index in [-0.39, 0.29) is 30.9 Å². The summed E-state index contributed by atoms with van der Waals surface area (Å²) in [5.41, 5.74) is 2.98. The minimum absolute atomic E-state index is 0.0224. The van der Waals surface area contributed by atoms with Gasteiger partial charge in [0.15, 0.2) is 0 Å². The highest BCUT2D eigenvalue weighted by Crippen LogP contribution is 2.31. The molecule has 1 heterocycles. The van der Waals surface area contributed by atoms with Gasteiger partial charge in [0.25, 0.3) is 0 Å². The van der Waals surface area contributed by atoms with Crippen molar-refractivity contribution in [2.75, 3.05) is 37.0 Å². The number of rotatable bonds is 8. The summed E-state index contributed by atoms with van der Waals surface area (Å²) in [6, 6.07) is 15.7. The van der Waals surface area contributed by atoms with Crippen LogP contribution in [0, 0.1) is 0 Å². The molecular weight excluding hydrogens is 366 g/mol. The van der Waals surface area contributed by atoms with E-state index in [1.165, 1.54) is 5.56 Å². The summed E-state index contributed by atoms with van der Waals surface area (Å²) in [6.07, 6.45) is 1.73. The van der Waals surface area contributed by atoms with Crippen LogP contribution in [0.4, 0.5) is 11.4 Å². The molecular formula is C23H29N3O3. The number of hydrogen-bond acceptors (Lipinski definition) is 4. The molecule has 1 aliphatic rings. The first-order chi connectivity index (χ1) is 14.0. The summed E-state index contributed by atoms with van der Waals surface area (Å²) < 4.78 is 5.28. The third-order valence-corrected chi connectivity index (χ3v) is 5.22. The maximum absolute atomic E-state index is 13.0. The van der Waals surface area contributed by atoms with E-state index in [4.69, 9.17) is 4.74 Å². The van der Waals surface area contributed by atoms with Crippen LogP contribution in [0.2, 0.25) is 0 Å². The Hall–Kier alpha value is -3.02. The molecule has 0 fully saturated rings. The third kappa shape index (κ3) is 4.88. The van der Waals surface area contributed by atoms with Crippen LogP contribution in [0.25, 0.3) is 0 Å². The molecule has 3 rings (SSSR count). The first-order valence-corrected chi connectivity index (χ1v) is 10.1. The number of nitrogens with one attached hydrogen (secondary N) is 1. The van der Waals surface area contributed by atoms with E-state index in [0.29, 0.717) is 18.0 Å². The number of benzene rings is 2. The molecule has 0 radical (unpaired) electrons. The molecule has 0 aromatic heterocycles. The number of ether oxygens (including phenoxy) is 1. The summed E-state index contributed by atoms with van der Waals surface area (Å²) in [4.78, 5) is 29.4. The predicted octanol–water partition coefficient (Wildman–Crippen LogP) is 3.32. The molecule has 0 aliphatic carbocycles. The summed E-state index contributed by atoms with van der Waals surface area (Å²) in [5.74, 6) is 0.327. The maximum Gasteiger partial charge on any atom is 0.244 e. The Balaban J connectivity index is 1.66. The molecule has 1 N–H and O–H groups in total. The van der Waals surface area contributed by atoms with Gasteiger partial charge in [-0.3, -0.25) is 9.59 Å². The zero-order chi connectivity index (χ0) is 20.8. The van der Waals surface area contributed by atoms with E-state index < -0.39 is 0 Å². The van der Waals surface area contributed by atoms with E-state index in [2.05, 4.69) is 29.3 Å². The molecule has 0 saturated heterocycles. The smallest absolute Gasteiger partial charge is 0.244 e. The lowest BCUT2D eigenvalue weighted by Gasteiger charge is -2.28. The summed E-state index contributed by atoms with van der Waals surface area (Å²) in [7, 11) is 1.56. The van der Waals surface area contributed by atoms with E-state index >= 15 is 0 Å². The fourth-order valence-corrected chi connectivity index (χ4v) is 3.79. The normalized spacial score (nSPS) is 15.0. The molecule has 6 nitrogen and oxygen atoms in total. The highest BCUT2D eigenvalue weighted by atomic mass is 16.5. The van der Waals surface area contributed by atoms with Gasteiger partial charge in [-0.1, -0.05) is 37.3 Å². The number of nitrogens with zero attached hydrogens (tertiary/aromatic N) is 2. The van der Waals surface area contributed by atoms with Gasteiger partial charge in [-0.15, -0.1) is 0 Å². The maximum atomic E-state index is 13.0. The Bertz CT molecular complexity index is 868. The van der Waals surface area contributed by atoms with E-state index in [9.17, 15) is 9.59 Å². The van der Waals surface area contributed by atoms with Crippen molar-refractivity contribution in [3.8, 4) is 5.75 Å². The van der Waals surface area contributed by atoms with Crippen molar-refractivity contribution in [2.24, 2.45) is 0 Å². The number of fused-ring (bicyclic) bond motifs is 1. The first kappa shape index (κ1) is 20.7. The predicted molar refractivity (Wildman–Crippen MR) is 115 cm³/mol. The molecule has 154 valence electrons. The second kappa shape index (κ2) is 9.45. The zero-order valence-electron chi connectivity index (χ0n) is 17.4. The Morgan fingerprint density at radius 3 is 2.66 bits per heavy atom. The molecule has 0 bridgehead atoms. The lowest BCUT2D eigenvalue weighted by molar-refractivity contribution is -0.133. The largest absolute Gasteiger partial charge is 0.495 e. The number of carbonyl (C=O) groups is 2. The quantitative estimate of drug-likeness (QED) is 0.745. The van der Waals surface area contributed by atoms with Crippen LogP contribution in [-0.2, 0) is 16.0 Å². The minimum atomic E-state index is -0.230. The summed E-state index contributed by atoms with van der Waals surface area (Å²) in [6.45, 7) is 4.98. The number of para-hydroxylation sites is 3. The number of hydrogen-bond donors (Lipinski definition) is 1.